The molecule has 0 saturated heterocycles. The summed E-state index contributed by atoms with van der Waals surface area (Å²) >= 11 is 12.0. The maximum absolute atomic E-state index is 12.5. The van der Waals surface area contributed by atoms with E-state index in [1.54, 1.807) is 43.3 Å². The predicted octanol–water partition coefficient (Wildman–Crippen LogP) is 4.65. The van der Waals surface area contributed by atoms with Gasteiger partial charge in [-0.25, -0.2) is 4.68 Å². The summed E-state index contributed by atoms with van der Waals surface area (Å²) in [5.41, 5.74) is 1.43. The van der Waals surface area contributed by atoms with Gasteiger partial charge >= 0.3 is 0 Å². The summed E-state index contributed by atoms with van der Waals surface area (Å²) in [6.07, 6.45) is 0. The number of hydrogen-bond acceptors (Lipinski definition) is 4. The van der Waals surface area contributed by atoms with Crippen LogP contribution in [-0.2, 0) is 0 Å². The average Bonchev–Trinajstić information content (AvgIpc) is 2.97. The number of rotatable bonds is 4. The molecular formula is C17H12Cl2N4O3. The summed E-state index contributed by atoms with van der Waals surface area (Å²) in [5, 5.41) is 18.3. The van der Waals surface area contributed by atoms with Crippen LogP contribution in [0.1, 0.15) is 16.1 Å². The molecule has 9 heteroatoms. The first-order chi connectivity index (χ1) is 12.4. The number of amides is 1. The van der Waals surface area contributed by atoms with Gasteiger partial charge in [-0.2, -0.15) is 5.10 Å². The second-order valence-corrected chi connectivity index (χ2v) is 6.20. The van der Waals surface area contributed by atoms with Crippen LogP contribution in [-0.4, -0.2) is 20.6 Å². The second kappa shape index (κ2) is 7.15. The van der Waals surface area contributed by atoms with Crippen molar-refractivity contribution >= 4 is 40.6 Å². The number of non-ortho nitro benzene ring substituents is 1. The van der Waals surface area contributed by atoms with Gasteiger partial charge in [0.05, 0.1) is 31.9 Å². The number of hydrogen-bond donors (Lipinski definition) is 1. The summed E-state index contributed by atoms with van der Waals surface area (Å²) < 4.78 is 1.48. The summed E-state index contributed by atoms with van der Waals surface area (Å²) in [6.45, 7) is 1.77. The zero-order valence-corrected chi connectivity index (χ0v) is 15.0. The summed E-state index contributed by atoms with van der Waals surface area (Å²) in [5.74, 6) is -0.0436. The molecule has 132 valence electrons. The van der Waals surface area contributed by atoms with E-state index in [2.05, 4.69) is 10.4 Å². The Bertz CT molecular complexity index is 1000. The smallest absolute Gasteiger partial charge is 0.269 e. The van der Waals surface area contributed by atoms with Crippen LogP contribution in [0.4, 0.5) is 11.5 Å². The summed E-state index contributed by atoms with van der Waals surface area (Å²) in [7, 11) is 0. The van der Waals surface area contributed by atoms with Crippen molar-refractivity contribution in [1.82, 2.24) is 9.78 Å². The van der Waals surface area contributed by atoms with Crippen LogP contribution in [0.2, 0.25) is 10.0 Å². The van der Waals surface area contributed by atoms with E-state index in [-0.39, 0.29) is 21.3 Å². The van der Waals surface area contributed by atoms with Crippen molar-refractivity contribution < 1.29 is 9.72 Å². The third kappa shape index (κ3) is 3.54. The molecule has 3 aromatic rings. The molecular weight excluding hydrogens is 379 g/mol. The average molecular weight is 391 g/mol. The van der Waals surface area contributed by atoms with Crippen LogP contribution in [0.5, 0.6) is 0 Å². The molecule has 0 atom stereocenters. The Morgan fingerprint density at radius 2 is 1.88 bits per heavy atom. The number of carbonyl (C=O) groups excluding carboxylic acids is 1. The molecule has 0 radical (unpaired) electrons. The molecule has 1 N–H and O–H groups in total. The molecule has 0 aliphatic heterocycles. The first kappa shape index (κ1) is 17.9. The zero-order chi connectivity index (χ0) is 18.8. The molecule has 26 heavy (non-hydrogen) atoms. The van der Waals surface area contributed by atoms with E-state index in [0.717, 1.165) is 0 Å². The number of nitrogens with one attached hydrogen (secondary N) is 1. The molecule has 1 heterocycles. The predicted molar refractivity (Wildman–Crippen MR) is 99.4 cm³/mol. The van der Waals surface area contributed by atoms with E-state index >= 15 is 0 Å². The lowest BCUT2D eigenvalue weighted by Gasteiger charge is -2.10. The highest BCUT2D eigenvalue weighted by Gasteiger charge is 2.16. The monoisotopic (exact) mass is 390 g/mol. The third-order valence-electron chi connectivity index (χ3n) is 3.57. The molecule has 0 aliphatic rings. The van der Waals surface area contributed by atoms with Crippen molar-refractivity contribution in [3.05, 3.63) is 79.9 Å². The lowest BCUT2D eigenvalue weighted by atomic mass is 10.2. The number of nitrogens with zero attached hydrogens (tertiary/aromatic N) is 3. The minimum atomic E-state index is -0.484. The largest absolute Gasteiger partial charge is 0.306 e. The van der Waals surface area contributed by atoms with Crippen molar-refractivity contribution in [2.75, 3.05) is 5.32 Å². The molecule has 7 nitrogen and oxygen atoms in total. The lowest BCUT2D eigenvalue weighted by Crippen LogP contribution is -2.15. The van der Waals surface area contributed by atoms with Crippen molar-refractivity contribution in [3.63, 3.8) is 0 Å². The van der Waals surface area contributed by atoms with Crippen molar-refractivity contribution in [2.45, 2.75) is 6.92 Å². The van der Waals surface area contributed by atoms with Crippen molar-refractivity contribution in [1.29, 1.82) is 0 Å². The topological polar surface area (TPSA) is 90.1 Å². The number of nitro benzene ring substituents is 1. The molecule has 0 unspecified atom stereocenters. The van der Waals surface area contributed by atoms with Gasteiger partial charge in [0.25, 0.3) is 11.6 Å². The number of carbonyl (C=O) groups is 1. The number of halogens is 2. The van der Waals surface area contributed by atoms with Gasteiger partial charge in [-0.15, -0.1) is 0 Å². The van der Waals surface area contributed by atoms with Gasteiger partial charge in [0, 0.05) is 18.2 Å². The first-order valence-electron chi connectivity index (χ1n) is 7.43. The molecule has 0 aliphatic carbocycles. The highest BCUT2D eigenvalue weighted by Crippen LogP contribution is 2.27. The minimum Gasteiger partial charge on any atom is -0.306 e. The maximum atomic E-state index is 12.5. The number of nitro groups is 1. The summed E-state index contributed by atoms with van der Waals surface area (Å²) in [6, 6.07) is 12.3. The van der Waals surface area contributed by atoms with Gasteiger partial charge < -0.3 is 5.32 Å². The van der Waals surface area contributed by atoms with Crippen molar-refractivity contribution in [2.24, 2.45) is 0 Å². The van der Waals surface area contributed by atoms with Crippen LogP contribution in [0.15, 0.2) is 48.5 Å². The Labute approximate surface area is 158 Å². The van der Waals surface area contributed by atoms with E-state index in [0.29, 0.717) is 17.2 Å². The highest BCUT2D eigenvalue weighted by atomic mass is 35.5. The molecule has 1 aromatic heterocycles. The number of benzene rings is 2. The second-order valence-electron chi connectivity index (χ2n) is 5.41. The van der Waals surface area contributed by atoms with E-state index in [9.17, 15) is 14.9 Å². The molecule has 2 aromatic carbocycles. The Hall–Kier alpha value is -2.90. The molecule has 0 spiro atoms. The van der Waals surface area contributed by atoms with E-state index in [1.807, 2.05) is 0 Å². The van der Waals surface area contributed by atoms with Gasteiger partial charge in [0.2, 0.25) is 0 Å². The molecule has 3 rings (SSSR count). The van der Waals surface area contributed by atoms with Crippen LogP contribution in [0, 0.1) is 17.0 Å². The van der Waals surface area contributed by atoms with Gasteiger partial charge in [0.15, 0.2) is 0 Å². The molecule has 0 fully saturated rings. The quantitative estimate of drug-likeness (QED) is 0.518. The Morgan fingerprint density at radius 1 is 1.19 bits per heavy atom. The van der Waals surface area contributed by atoms with E-state index < -0.39 is 10.8 Å². The van der Waals surface area contributed by atoms with Crippen LogP contribution >= 0.6 is 23.2 Å². The fourth-order valence-corrected chi connectivity index (χ4v) is 2.75. The Kier molecular flexibility index (Phi) is 4.92. The SMILES string of the molecule is Cc1cc(NC(=O)c2cccc(Cl)c2Cl)n(-c2ccc([N+](=O)[O-])cc2)n1. The summed E-state index contributed by atoms with van der Waals surface area (Å²) in [4.78, 5) is 22.8. The Morgan fingerprint density at radius 3 is 2.54 bits per heavy atom. The van der Waals surface area contributed by atoms with E-state index in [1.165, 1.54) is 16.8 Å². The van der Waals surface area contributed by atoms with Gasteiger partial charge in [-0.3, -0.25) is 14.9 Å². The fourth-order valence-electron chi connectivity index (χ4n) is 2.36. The molecule has 1 amide bonds. The highest BCUT2D eigenvalue weighted by molar-refractivity contribution is 6.44. The standard InChI is InChI=1S/C17H12Cl2N4O3/c1-10-9-15(20-17(24)13-3-2-4-14(18)16(13)19)22(21-10)11-5-7-12(8-6-11)23(25)26/h2-9H,1H3,(H,20,24). The zero-order valence-electron chi connectivity index (χ0n) is 13.4. The van der Waals surface area contributed by atoms with Gasteiger partial charge in [-0.05, 0) is 31.2 Å². The van der Waals surface area contributed by atoms with Crippen LogP contribution in [0.25, 0.3) is 5.69 Å². The lowest BCUT2D eigenvalue weighted by molar-refractivity contribution is -0.384. The van der Waals surface area contributed by atoms with Crippen LogP contribution < -0.4 is 5.32 Å². The normalized spacial score (nSPS) is 10.6. The minimum absolute atomic E-state index is 0.0334. The Balaban J connectivity index is 1.93. The number of anilines is 1. The van der Waals surface area contributed by atoms with E-state index in [4.69, 9.17) is 23.2 Å². The fraction of sp³-hybridized carbons (Fsp3) is 0.0588. The maximum Gasteiger partial charge on any atom is 0.269 e. The molecule has 0 bridgehead atoms. The molecule has 0 saturated carbocycles. The third-order valence-corrected chi connectivity index (χ3v) is 4.39. The first-order valence-corrected chi connectivity index (χ1v) is 8.19. The van der Waals surface area contributed by atoms with Gasteiger partial charge in [-0.1, -0.05) is 29.3 Å². The number of aryl methyl sites for hydroxylation is 1. The van der Waals surface area contributed by atoms with Crippen LogP contribution in [0.3, 0.4) is 0 Å². The van der Waals surface area contributed by atoms with Crippen molar-refractivity contribution in [3.8, 4) is 5.69 Å². The van der Waals surface area contributed by atoms with Gasteiger partial charge in [0.1, 0.15) is 5.82 Å². The number of aromatic nitrogens is 2.